The monoisotopic (exact) mass is 216 g/mol. The Morgan fingerprint density at radius 1 is 1.38 bits per heavy atom. The predicted molar refractivity (Wildman–Crippen MR) is 63.3 cm³/mol. The van der Waals surface area contributed by atoms with E-state index in [0.717, 1.165) is 24.6 Å². The maximum atomic E-state index is 11.9. The zero-order valence-electron chi connectivity index (χ0n) is 9.20. The average Bonchev–Trinajstić information content (AvgIpc) is 3.02. The van der Waals surface area contributed by atoms with E-state index in [1.807, 2.05) is 18.2 Å². The first kappa shape index (κ1) is 9.70. The number of hydrogen-bond acceptors (Lipinski definition) is 2. The van der Waals surface area contributed by atoms with Crippen LogP contribution in [-0.2, 0) is 11.2 Å². The Bertz CT molecular complexity index is 387. The van der Waals surface area contributed by atoms with Crippen molar-refractivity contribution in [1.29, 1.82) is 0 Å². The van der Waals surface area contributed by atoms with Crippen LogP contribution in [0, 0.1) is 5.92 Å². The van der Waals surface area contributed by atoms with Gasteiger partial charge in [0.15, 0.2) is 0 Å². The van der Waals surface area contributed by atoms with Crippen LogP contribution in [0.15, 0.2) is 24.3 Å². The van der Waals surface area contributed by atoms with E-state index in [-0.39, 0.29) is 11.9 Å². The van der Waals surface area contributed by atoms with Gasteiger partial charge >= 0.3 is 0 Å². The molecular weight excluding hydrogens is 200 g/mol. The van der Waals surface area contributed by atoms with Crippen molar-refractivity contribution in [3.63, 3.8) is 0 Å². The van der Waals surface area contributed by atoms with Gasteiger partial charge in [-0.05, 0) is 30.4 Å². The van der Waals surface area contributed by atoms with E-state index < -0.39 is 0 Å². The lowest BCUT2D eigenvalue weighted by atomic mass is 10.1. The second-order valence-corrected chi connectivity index (χ2v) is 4.75. The zero-order chi connectivity index (χ0) is 11.0. The molecule has 1 saturated carbocycles. The maximum Gasteiger partial charge on any atom is 0.242 e. The van der Waals surface area contributed by atoms with Gasteiger partial charge in [0.2, 0.25) is 5.91 Å². The Kier molecular flexibility index (Phi) is 2.31. The summed E-state index contributed by atoms with van der Waals surface area (Å²) in [7, 11) is 0. The Morgan fingerprint density at radius 2 is 2.19 bits per heavy atom. The quantitative estimate of drug-likeness (QED) is 0.805. The molecule has 0 aromatic heterocycles. The van der Waals surface area contributed by atoms with E-state index in [1.165, 1.54) is 18.4 Å². The van der Waals surface area contributed by atoms with Crippen LogP contribution in [0.5, 0.6) is 0 Å². The lowest BCUT2D eigenvalue weighted by Crippen LogP contribution is -2.39. The summed E-state index contributed by atoms with van der Waals surface area (Å²) in [4.78, 5) is 11.9. The van der Waals surface area contributed by atoms with Gasteiger partial charge in [0.25, 0.3) is 0 Å². The molecule has 16 heavy (non-hydrogen) atoms. The molecular formula is C13H16N2O. The van der Waals surface area contributed by atoms with E-state index in [9.17, 15) is 4.79 Å². The highest BCUT2D eigenvalue weighted by molar-refractivity contribution is 5.87. The number of rotatable bonds is 3. The van der Waals surface area contributed by atoms with Gasteiger partial charge in [0.05, 0.1) is 0 Å². The largest absolute Gasteiger partial charge is 0.373 e. The van der Waals surface area contributed by atoms with Crippen LogP contribution in [0.1, 0.15) is 18.4 Å². The Hall–Kier alpha value is -1.51. The van der Waals surface area contributed by atoms with Crippen LogP contribution >= 0.6 is 0 Å². The molecule has 1 heterocycles. The summed E-state index contributed by atoms with van der Waals surface area (Å²) in [6.45, 7) is 0.855. The van der Waals surface area contributed by atoms with Gasteiger partial charge < -0.3 is 10.6 Å². The number of hydrogen-bond donors (Lipinski definition) is 2. The summed E-state index contributed by atoms with van der Waals surface area (Å²) in [5.41, 5.74) is 2.35. The minimum atomic E-state index is -0.0730. The molecule has 1 aromatic carbocycles. The molecule has 0 spiro atoms. The topological polar surface area (TPSA) is 41.1 Å². The molecule has 3 heteroatoms. The fourth-order valence-corrected chi connectivity index (χ4v) is 2.15. The molecule has 1 aromatic rings. The standard InChI is InChI=1S/C13H16N2O/c16-13(14-8-9-5-6-9)12-7-10-3-1-2-4-11(10)15-12/h1-4,9,12,15H,5-8H2,(H,14,16)/t12-/m0/s1. The normalized spacial score (nSPS) is 22.4. The molecule has 0 radical (unpaired) electrons. The Balaban J connectivity index is 1.59. The summed E-state index contributed by atoms with van der Waals surface area (Å²) in [6, 6.07) is 8.05. The summed E-state index contributed by atoms with van der Waals surface area (Å²) < 4.78 is 0. The lowest BCUT2D eigenvalue weighted by molar-refractivity contribution is -0.121. The first-order valence-electron chi connectivity index (χ1n) is 5.95. The average molecular weight is 216 g/mol. The highest BCUT2D eigenvalue weighted by atomic mass is 16.2. The van der Waals surface area contributed by atoms with Gasteiger partial charge in [-0.25, -0.2) is 0 Å². The molecule has 2 N–H and O–H groups in total. The van der Waals surface area contributed by atoms with Crippen LogP contribution in [0.25, 0.3) is 0 Å². The number of fused-ring (bicyclic) bond motifs is 1. The number of amides is 1. The van der Waals surface area contributed by atoms with E-state index in [2.05, 4.69) is 16.7 Å². The minimum Gasteiger partial charge on any atom is -0.373 e. The van der Waals surface area contributed by atoms with Gasteiger partial charge in [-0.1, -0.05) is 18.2 Å². The predicted octanol–water partition coefficient (Wildman–Crippen LogP) is 1.55. The van der Waals surface area contributed by atoms with E-state index >= 15 is 0 Å². The van der Waals surface area contributed by atoms with Crippen molar-refractivity contribution in [2.75, 3.05) is 11.9 Å². The van der Waals surface area contributed by atoms with Gasteiger partial charge in [0.1, 0.15) is 6.04 Å². The summed E-state index contributed by atoms with van der Waals surface area (Å²) in [5.74, 6) is 0.885. The highest BCUT2D eigenvalue weighted by Crippen LogP contribution is 2.28. The molecule has 1 atom stereocenters. The third-order valence-corrected chi connectivity index (χ3v) is 3.35. The SMILES string of the molecule is O=C(NCC1CC1)[C@@H]1Cc2ccccc2N1. The van der Waals surface area contributed by atoms with Crippen LogP contribution in [0.3, 0.4) is 0 Å². The third-order valence-electron chi connectivity index (χ3n) is 3.35. The van der Waals surface area contributed by atoms with Crippen LogP contribution < -0.4 is 10.6 Å². The first-order chi connectivity index (χ1) is 7.83. The van der Waals surface area contributed by atoms with Crippen molar-refractivity contribution in [2.45, 2.75) is 25.3 Å². The highest BCUT2D eigenvalue weighted by Gasteiger charge is 2.28. The lowest BCUT2D eigenvalue weighted by Gasteiger charge is -2.11. The zero-order valence-corrected chi connectivity index (χ0v) is 9.20. The number of nitrogens with one attached hydrogen (secondary N) is 2. The van der Waals surface area contributed by atoms with E-state index in [1.54, 1.807) is 0 Å². The number of carbonyl (C=O) groups is 1. The molecule has 2 aliphatic rings. The molecule has 0 unspecified atom stereocenters. The number of benzene rings is 1. The van der Waals surface area contributed by atoms with Gasteiger partial charge in [0, 0.05) is 18.7 Å². The fraction of sp³-hybridized carbons (Fsp3) is 0.462. The molecule has 3 rings (SSSR count). The van der Waals surface area contributed by atoms with Crippen molar-refractivity contribution >= 4 is 11.6 Å². The summed E-state index contributed by atoms with van der Waals surface area (Å²) in [5, 5.41) is 6.29. The molecule has 1 aliphatic carbocycles. The van der Waals surface area contributed by atoms with Gasteiger partial charge in [-0.2, -0.15) is 0 Å². The van der Waals surface area contributed by atoms with Crippen molar-refractivity contribution in [2.24, 2.45) is 5.92 Å². The third kappa shape index (κ3) is 1.90. The Labute approximate surface area is 95.2 Å². The van der Waals surface area contributed by atoms with Crippen molar-refractivity contribution in [3.8, 4) is 0 Å². The van der Waals surface area contributed by atoms with Gasteiger partial charge in [-0.15, -0.1) is 0 Å². The second-order valence-electron chi connectivity index (χ2n) is 4.75. The Morgan fingerprint density at radius 3 is 2.94 bits per heavy atom. The summed E-state index contributed by atoms with van der Waals surface area (Å²) >= 11 is 0. The van der Waals surface area contributed by atoms with Crippen molar-refractivity contribution in [3.05, 3.63) is 29.8 Å². The summed E-state index contributed by atoms with van der Waals surface area (Å²) in [6.07, 6.45) is 3.36. The molecule has 3 nitrogen and oxygen atoms in total. The number of carbonyl (C=O) groups excluding carboxylic acids is 1. The van der Waals surface area contributed by atoms with Crippen molar-refractivity contribution in [1.82, 2.24) is 5.32 Å². The smallest absolute Gasteiger partial charge is 0.242 e. The second kappa shape index (κ2) is 3.81. The first-order valence-corrected chi connectivity index (χ1v) is 5.95. The fourth-order valence-electron chi connectivity index (χ4n) is 2.15. The molecule has 1 aliphatic heterocycles. The molecule has 0 saturated heterocycles. The molecule has 84 valence electrons. The van der Waals surface area contributed by atoms with E-state index in [4.69, 9.17) is 0 Å². The van der Waals surface area contributed by atoms with Crippen LogP contribution in [0.4, 0.5) is 5.69 Å². The van der Waals surface area contributed by atoms with Gasteiger partial charge in [-0.3, -0.25) is 4.79 Å². The van der Waals surface area contributed by atoms with E-state index in [0.29, 0.717) is 0 Å². The molecule has 1 amide bonds. The minimum absolute atomic E-state index is 0.0730. The molecule has 0 bridgehead atoms. The van der Waals surface area contributed by atoms with Crippen LogP contribution in [-0.4, -0.2) is 18.5 Å². The van der Waals surface area contributed by atoms with Crippen molar-refractivity contribution < 1.29 is 4.79 Å². The van der Waals surface area contributed by atoms with Crippen LogP contribution in [0.2, 0.25) is 0 Å². The number of anilines is 1. The molecule has 1 fully saturated rings. The number of para-hydroxylation sites is 1. The maximum absolute atomic E-state index is 11.9.